The largest absolute Gasteiger partial charge is 0.508 e. The van der Waals surface area contributed by atoms with Crippen molar-refractivity contribution in [1.82, 2.24) is 0 Å². The normalized spacial score (nSPS) is 10.9. The molecule has 0 fully saturated rings. The Labute approximate surface area is 102 Å². The summed E-state index contributed by atoms with van der Waals surface area (Å²) >= 11 is 0. The summed E-state index contributed by atoms with van der Waals surface area (Å²) in [5.41, 5.74) is 0.666. The van der Waals surface area contributed by atoms with Gasteiger partial charge in [0.25, 0.3) is 0 Å². The molecule has 0 radical (unpaired) electrons. The molecule has 1 heterocycles. The Morgan fingerprint density at radius 1 is 1.17 bits per heavy atom. The third-order valence-electron chi connectivity index (χ3n) is 2.86. The molecule has 0 unspecified atom stereocenters. The highest BCUT2D eigenvalue weighted by atomic mass is 16.5. The van der Waals surface area contributed by atoms with E-state index in [4.69, 9.17) is 9.15 Å². The first kappa shape index (κ1) is 10.7. The number of benzene rings is 2. The second-order valence-corrected chi connectivity index (χ2v) is 3.95. The monoisotopic (exact) mass is 242 g/mol. The maximum absolute atomic E-state index is 12.3. The first-order valence-electron chi connectivity index (χ1n) is 5.43. The van der Waals surface area contributed by atoms with E-state index in [1.54, 1.807) is 24.3 Å². The minimum absolute atomic E-state index is 0.0389. The van der Waals surface area contributed by atoms with Crippen molar-refractivity contribution in [3.05, 3.63) is 46.6 Å². The highest BCUT2D eigenvalue weighted by Crippen LogP contribution is 2.27. The van der Waals surface area contributed by atoms with Gasteiger partial charge in [0, 0.05) is 0 Å². The molecular weight excluding hydrogens is 232 g/mol. The number of fused-ring (bicyclic) bond motifs is 2. The summed E-state index contributed by atoms with van der Waals surface area (Å²) in [4.78, 5) is 12.3. The van der Waals surface area contributed by atoms with Crippen LogP contribution >= 0.6 is 0 Å². The Hall–Kier alpha value is -2.49. The molecule has 4 heteroatoms. The summed E-state index contributed by atoms with van der Waals surface area (Å²) in [5, 5.41) is 10.2. The highest BCUT2D eigenvalue weighted by Gasteiger charge is 2.11. The lowest BCUT2D eigenvalue weighted by Gasteiger charge is -2.05. The van der Waals surface area contributed by atoms with Crippen molar-refractivity contribution in [2.45, 2.75) is 0 Å². The minimum Gasteiger partial charge on any atom is -0.508 e. The van der Waals surface area contributed by atoms with Crippen LogP contribution in [-0.4, -0.2) is 12.2 Å². The first-order valence-corrected chi connectivity index (χ1v) is 5.43. The summed E-state index contributed by atoms with van der Waals surface area (Å²) in [6, 6.07) is 9.59. The van der Waals surface area contributed by atoms with Gasteiger partial charge < -0.3 is 14.3 Å². The number of hydrogen-bond donors (Lipinski definition) is 1. The van der Waals surface area contributed by atoms with E-state index < -0.39 is 0 Å². The average molecular weight is 242 g/mol. The molecule has 0 saturated heterocycles. The summed E-state index contributed by atoms with van der Waals surface area (Å²) in [5.74, 6) is 0.552. The summed E-state index contributed by atoms with van der Waals surface area (Å²) in [6.45, 7) is 0. The van der Waals surface area contributed by atoms with Gasteiger partial charge in [0.15, 0.2) is 11.3 Å². The standard InChI is InChI=1S/C14H10O4/c1-17-12-4-2-3-9-13(16)10-7-8(15)5-6-11(10)18-14(9)12/h2-7,15H,1H3. The Bertz CT molecular complexity index is 802. The van der Waals surface area contributed by atoms with E-state index in [1.807, 2.05) is 0 Å². The molecule has 0 bridgehead atoms. The number of hydrogen-bond acceptors (Lipinski definition) is 4. The molecule has 0 aliphatic rings. The zero-order valence-electron chi connectivity index (χ0n) is 9.64. The number of para-hydroxylation sites is 1. The van der Waals surface area contributed by atoms with Gasteiger partial charge in [-0.2, -0.15) is 0 Å². The van der Waals surface area contributed by atoms with Crippen LogP contribution in [0.15, 0.2) is 45.6 Å². The van der Waals surface area contributed by atoms with E-state index in [1.165, 1.54) is 19.2 Å². The predicted octanol–water partition coefficient (Wildman–Crippen LogP) is 2.66. The fourth-order valence-corrected chi connectivity index (χ4v) is 2.00. The molecule has 0 saturated carbocycles. The molecule has 3 rings (SSSR count). The van der Waals surface area contributed by atoms with Gasteiger partial charge in [-0.1, -0.05) is 6.07 Å². The van der Waals surface area contributed by atoms with Gasteiger partial charge in [0.2, 0.25) is 5.43 Å². The van der Waals surface area contributed by atoms with E-state index >= 15 is 0 Å². The number of ether oxygens (including phenoxy) is 1. The van der Waals surface area contributed by atoms with Crippen molar-refractivity contribution < 1.29 is 14.3 Å². The smallest absolute Gasteiger partial charge is 0.200 e. The topological polar surface area (TPSA) is 59.7 Å². The van der Waals surface area contributed by atoms with Gasteiger partial charge in [0.1, 0.15) is 11.3 Å². The zero-order valence-corrected chi connectivity index (χ0v) is 9.64. The molecule has 18 heavy (non-hydrogen) atoms. The summed E-state index contributed by atoms with van der Waals surface area (Å²) in [7, 11) is 1.52. The number of methoxy groups -OCH3 is 1. The maximum atomic E-state index is 12.3. The SMILES string of the molecule is COc1cccc2c(=O)c3cc(O)ccc3oc12. The molecule has 0 spiro atoms. The van der Waals surface area contributed by atoms with Crippen LogP contribution in [-0.2, 0) is 0 Å². The van der Waals surface area contributed by atoms with Crippen LogP contribution in [0.3, 0.4) is 0 Å². The fraction of sp³-hybridized carbons (Fsp3) is 0.0714. The van der Waals surface area contributed by atoms with E-state index in [0.717, 1.165) is 0 Å². The molecule has 2 aromatic carbocycles. The average Bonchev–Trinajstić information content (AvgIpc) is 2.39. The second-order valence-electron chi connectivity index (χ2n) is 3.95. The number of rotatable bonds is 1. The Balaban J connectivity index is 2.56. The van der Waals surface area contributed by atoms with Gasteiger partial charge in [0.05, 0.1) is 17.9 Å². The van der Waals surface area contributed by atoms with Crippen LogP contribution in [0.2, 0.25) is 0 Å². The van der Waals surface area contributed by atoms with Crippen LogP contribution < -0.4 is 10.2 Å². The maximum Gasteiger partial charge on any atom is 0.200 e. The van der Waals surface area contributed by atoms with Crippen LogP contribution in [0.4, 0.5) is 0 Å². The molecule has 0 aliphatic carbocycles. The van der Waals surface area contributed by atoms with E-state index in [-0.39, 0.29) is 11.2 Å². The van der Waals surface area contributed by atoms with Crippen LogP contribution in [0.1, 0.15) is 0 Å². The Morgan fingerprint density at radius 2 is 2.00 bits per heavy atom. The van der Waals surface area contributed by atoms with E-state index in [9.17, 15) is 9.90 Å². The van der Waals surface area contributed by atoms with Crippen molar-refractivity contribution in [2.75, 3.05) is 7.11 Å². The van der Waals surface area contributed by atoms with Crippen molar-refractivity contribution in [3.63, 3.8) is 0 Å². The Kier molecular flexibility index (Phi) is 2.23. The number of phenolic OH excluding ortho intramolecular Hbond substituents is 1. The lowest BCUT2D eigenvalue weighted by atomic mass is 10.1. The number of phenols is 1. The quantitative estimate of drug-likeness (QED) is 0.666. The third kappa shape index (κ3) is 1.43. The van der Waals surface area contributed by atoms with Crippen molar-refractivity contribution in [2.24, 2.45) is 0 Å². The number of aromatic hydroxyl groups is 1. The molecule has 90 valence electrons. The summed E-state index contributed by atoms with van der Waals surface area (Å²) < 4.78 is 10.8. The van der Waals surface area contributed by atoms with Crippen molar-refractivity contribution in [3.8, 4) is 11.5 Å². The lowest BCUT2D eigenvalue weighted by molar-refractivity contribution is 0.411. The summed E-state index contributed by atoms with van der Waals surface area (Å²) in [6.07, 6.45) is 0. The van der Waals surface area contributed by atoms with Crippen molar-refractivity contribution >= 4 is 21.9 Å². The molecule has 0 atom stereocenters. The van der Waals surface area contributed by atoms with Crippen LogP contribution in [0, 0.1) is 0 Å². The minimum atomic E-state index is -0.180. The molecule has 0 amide bonds. The lowest BCUT2D eigenvalue weighted by Crippen LogP contribution is -2.02. The van der Waals surface area contributed by atoms with E-state index in [0.29, 0.717) is 27.7 Å². The van der Waals surface area contributed by atoms with Gasteiger partial charge in [-0.15, -0.1) is 0 Å². The molecule has 0 aliphatic heterocycles. The molecule has 1 aromatic heterocycles. The third-order valence-corrected chi connectivity index (χ3v) is 2.86. The fourth-order valence-electron chi connectivity index (χ4n) is 2.00. The van der Waals surface area contributed by atoms with Crippen LogP contribution in [0.5, 0.6) is 11.5 Å². The van der Waals surface area contributed by atoms with Crippen LogP contribution in [0.25, 0.3) is 21.9 Å². The molecule has 1 N–H and O–H groups in total. The highest BCUT2D eigenvalue weighted by molar-refractivity contribution is 5.92. The molecular formula is C14H10O4. The molecule has 4 nitrogen and oxygen atoms in total. The van der Waals surface area contributed by atoms with Gasteiger partial charge in [-0.05, 0) is 30.3 Å². The van der Waals surface area contributed by atoms with Gasteiger partial charge >= 0.3 is 0 Å². The predicted molar refractivity (Wildman–Crippen MR) is 68.2 cm³/mol. The van der Waals surface area contributed by atoms with Crippen molar-refractivity contribution in [1.29, 1.82) is 0 Å². The zero-order chi connectivity index (χ0) is 12.7. The van der Waals surface area contributed by atoms with Gasteiger partial charge in [-0.25, -0.2) is 0 Å². The van der Waals surface area contributed by atoms with Gasteiger partial charge in [-0.3, -0.25) is 4.79 Å². The second kappa shape index (κ2) is 3.77. The Morgan fingerprint density at radius 3 is 2.78 bits per heavy atom. The van der Waals surface area contributed by atoms with E-state index in [2.05, 4.69) is 0 Å². The first-order chi connectivity index (χ1) is 8.70. The molecule has 3 aromatic rings.